The Balaban J connectivity index is 2.14. The van der Waals surface area contributed by atoms with Crippen LogP contribution in [0.1, 0.15) is 28.8 Å². The molecule has 0 unspecified atom stereocenters. The number of amides is 1. The van der Waals surface area contributed by atoms with Crippen molar-refractivity contribution in [2.24, 2.45) is 7.05 Å². The van der Waals surface area contributed by atoms with Gasteiger partial charge in [-0.1, -0.05) is 6.92 Å². The molecule has 1 N–H and O–H groups in total. The Morgan fingerprint density at radius 2 is 2.17 bits per heavy atom. The second-order valence-electron chi connectivity index (χ2n) is 4.01. The van der Waals surface area contributed by atoms with E-state index < -0.39 is 0 Å². The van der Waals surface area contributed by atoms with Gasteiger partial charge in [0.1, 0.15) is 5.82 Å². The van der Waals surface area contributed by atoms with Crippen LogP contribution < -0.4 is 5.32 Å². The highest BCUT2D eigenvalue weighted by atomic mass is 16.2. The van der Waals surface area contributed by atoms with E-state index in [-0.39, 0.29) is 5.91 Å². The van der Waals surface area contributed by atoms with E-state index in [4.69, 9.17) is 0 Å². The summed E-state index contributed by atoms with van der Waals surface area (Å²) in [5.74, 6) is 0.354. The Morgan fingerprint density at radius 1 is 1.39 bits per heavy atom. The van der Waals surface area contributed by atoms with Crippen molar-refractivity contribution in [1.82, 2.24) is 20.0 Å². The van der Waals surface area contributed by atoms with Crippen LogP contribution in [-0.4, -0.2) is 25.9 Å². The number of aryl methyl sites for hydroxylation is 3. The standard InChI is InChI=1S/C12H15N5O/c1-4-9-5-6-10(15-14-9)12(18)13-11-7-8(2)16-17(11)3/h5-7H,4H2,1-3H3,(H,13,18). The van der Waals surface area contributed by atoms with Gasteiger partial charge in [-0.3, -0.25) is 9.48 Å². The van der Waals surface area contributed by atoms with Crippen molar-refractivity contribution < 1.29 is 4.79 Å². The first-order chi connectivity index (χ1) is 8.60. The van der Waals surface area contributed by atoms with Gasteiger partial charge in [-0.15, -0.1) is 5.10 Å². The zero-order valence-corrected chi connectivity index (χ0v) is 10.6. The van der Waals surface area contributed by atoms with Crippen molar-refractivity contribution in [3.8, 4) is 0 Å². The van der Waals surface area contributed by atoms with Crippen molar-refractivity contribution in [2.45, 2.75) is 20.3 Å². The molecule has 0 aromatic carbocycles. The molecule has 18 heavy (non-hydrogen) atoms. The van der Waals surface area contributed by atoms with E-state index in [9.17, 15) is 4.79 Å². The number of nitrogens with one attached hydrogen (secondary N) is 1. The number of hydrogen-bond donors (Lipinski definition) is 1. The van der Waals surface area contributed by atoms with Crippen LogP contribution in [0.3, 0.4) is 0 Å². The van der Waals surface area contributed by atoms with Crippen molar-refractivity contribution in [1.29, 1.82) is 0 Å². The molecule has 6 heteroatoms. The number of hydrogen-bond acceptors (Lipinski definition) is 4. The molecule has 0 spiro atoms. The summed E-state index contributed by atoms with van der Waals surface area (Å²) >= 11 is 0. The second-order valence-corrected chi connectivity index (χ2v) is 4.01. The molecular formula is C12H15N5O. The summed E-state index contributed by atoms with van der Waals surface area (Å²) in [5.41, 5.74) is 2.01. The molecule has 6 nitrogen and oxygen atoms in total. The van der Waals surface area contributed by atoms with E-state index in [1.807, 2.05) is 13.8 Å². The zero-order chi connectivity index (χ0) is 13.1. The van der Waals surface area contributed by atoms with Gasteiger partial charge < -0.3 is 5.32 Å². The molecule has 0 fully saturated rings. The van der Waals surface area contributed by atoms with E-state index in [0.29, 0.717) is 11.5 Å². The zero-order valence-electron chi connectivity index (χ0n) is 10.6. The first-order valence-electron chi connectivity index (χ1n) is 5.74. The van der Waals surface area contributed by atoms with E-state index in [2.05, 4.69) is 20.6 Å². The third-order valence-corrected chi connectivity index (χ3v) is 2.56. The third-order valence-electron chi connectivity index (χ3n) is 2.56. The molecule has 0 aliphatic rings. The van der Waals surface area contributed by atoms with Gasteiger partial charge >= 0.3 is 0 Å². The minimum absolute atomic E-state index is 0.284. The fraction of sp³-hybridized carbons (Fsp3) is 0.333. The predicted molar refractivity (Wildman–Crippen MR) is 67.3 cm³/mol. The maximum absolute atomic E-state index is 11.9. The van der Waals surface area contributed by atoms with Gasteiger partial charge in [0.05, 0.1) is 11.4 Å². The number of carbonyl (C=O) groups is 1. The van der Waals surface area contributed by atoms with Crippen molar-refractivity contribution in [3.63, 3.8) is 0 Å². The predicted octanol–water partition coefficient (Wildman–Crippen LogP) is 1.33. The van der Waals surface area contributed by atoms with Gasteiger partial charge in [0.2, 0.25) is 0 Å². The smallest absolute Gasteiger partial charge is 0.277 e. The highest BCUT2D eigenvalue weighted by molar-refractivity contribution is 6.02. The molecule has 2 heterocycles. The molecule has 0 saturated carbocycles. The summed E-state index contributed by atoms with van der Waals surface area (Å²) < 4.78 is 1.61. The Kier molecular flexibility index (Phi) is 3.36. The number of rotatable bonds is 3. The molecule has 0 saturated heterocycles. The van der Waals surface area contributed by atoms with Crippen LogP contribution in [-0.2, 0) is 13.5 Å². The molecule has 0 atom stereocenters. The summed E-state index contributed by atoms with van der Waals surface area (Å²) in [6.45, 7) is 3.85. The molecular weight excluding hydrogens is 230 g/mol. The minimum Gasteiger partial charge on any atom is -0.305 e. The molecule has 0 radical (unpaired) electrons. The summed E-state index contributed by atoms with van der Waals surface area (Å²) in [6, 6.07) is 5.27. The number of aromatic nitrogens is 4. The van der Waals surface area contributed by atoms with Crippen LogP contribution in [0.25, 0.3) is 0 Å². The lowest BCUT2D eigenvalue weighted by Crippen LogP contribution is -2.16. The fourth-order valence-corrected chi connectivity index (χ4v) is 1.58. The topological polar surface area (TPSA) is 72.7 Å². The maximum Gasteiger partial charge on any atom is 0.277 e. The van der Waals surface area contributed by atoms with Crippen LogP contribution in [0.2, 0.25) is 0 Å². The van der Waals surface area contributed by atoms with Gasteiger partial charge in [0.15, 0.2) is 5.69 Å². The van der Waals surface area contributed by atoms with Crippen LogP contribution in [0.4, 0.5) is 5.82 Å². The van der Waals surface area contributed by atoms with Crippen LogP contribution in [0, 0.1) is 6.92 Å². The highest BCUT2D eigenvalue weighted by Gasteiger charge is 2.11. The highest BCUT2D eigenvalue weighted by Crippen LogP contribution is 2.09. The molecule has 0 aliphatic heterocycles. The number of anilines is 1. The van der Waals surface area contributed by atoms with Crippen molar-refractivity contribution >= 4 is 11.7 Å². The van der Waals surface area contributed by atoms with E-state index in [0.717, 1.165) is 17.8 Å². The lowest BCUT2D eigenvalue weighted by atomic mass is 10.3. The van der Waals surface area contributed by atoms with Gasteiger partial charge in [-0.25, -0.2) is 0 Å². The summed E-state index contributed by atoms with van der Waals surface area (Å²) in [4.78, 5) is 11.9. The van der Waals surface area contributed by atoms with Gasteiger partial charge in [0.25, 0.3) is 5.91 Å². The third kappa shape index (κ3) is 2.53. The molecule has 0 aliphatic carbocycles. The van der Waals surface area contributed by atoms with Crippen LogP contribution in [0.15, 0.2) is 18.2 Å². The molecule has 1 amide bonds. The molecule has 2 aromatic heterocycles. The quantitative estimate of drug-likeness (QED) is 0.885. The van der Waals surface area contributed by atoms with Gasteiger partial charge in [-0.05, 0) is 25.5 Å². The van der Waals surface area contributed by atoms with Crippen LogP contribution in [0.5, 0.6) is 0 Å². The normalized spacial score (nSPS) is 10.4. The second kappa shape index (κ2) is 4.95. The SMILES string of the molecule is CCc1ccc(C(=O)Nc2cc(C)nn2C)nn1. The summed E-state index contributed by atoms with van der Waals surface area (Å²) in [7, 11) is 1.77. The Morgan fingerprint density at radius 3 is 2.67 bits per heavy atom. The summed E-state index contributed by atoms with van der Waals surface area (Å²) in [6.07, 6.45) is 0.801. The molecule has 94 valence electrons. The Bertz CT molecular complexity index is 558. The average molecular weight is 245 g/mol. The number of nitrogens with zero attached hydrogens (tertiary/aromatic N) is 4. The largest absolute Gasteiger partial charge is 0.305 e. The first-order valence-corrected chi connectivity index (χ1v) is 5.74. The number of carbonyl (C=O) groups excluding carboxylic acids is 1. The monoisotopic (exact) mass is 245 g/mol. The lowest BCUT2D eigenvalue weighted by Gasteiger charge is -2.04. The fourth-order valence-electron chi connectivity index (χ4n) is 1.58. The average Bonchev–Trinajstić information content (AvgIpc) is 2.68. The van der Waals surface area contributed by atoms with E-state index >= 15 is 0 Å². The van der Waals surface area contributed by atoms with E-state index in [1.165, 1.54) is 0 Å². The lowest BCUT2D eigenvalue weighted by molar-refractivity contribution is 0.102. The van der Waals surface area contributed by atoms with Crippen LogP contribution >= 0.6 is 0 Å². The van der Waals surface area contributed by atoms with Crippen molar-refractivity contribution in [2.75, 3.05) is 5.32 Å². The van der Waals surface area contributed by atoms with Crippen molar-refractivity contribution in [3.05, 3.63) is 35.3 Å². The van der Waals surface area contributed by atoms with Gasteiger partial charge in [0, 0.05) is 13.1 Å². The minimum atomic E-state index is -0.284. The summed E-state index contributed by atoms with van der Waals surface area (Å²) in [5, 5.41) is 14.7. The molecule has 2 aromatic rings. The van der Waals surface area contributed by atoms with E-state index in [1.54, 1.807) is 29.9 Å². The first kappa shape index (κ1) is 12.2. The molecule has 2 rings (SSSR count). The maximum atomic E-state index is 11.9. The van der Waals surface area contributed by atoms with Gasteiger partial charge in [-0.2, -0.15) is 10.2 Å². The Hall–Kier alpha value is -2.24. The Labute approximate surface area is 105 Å². The molecule has 0 bridgehead atoms.